The molecule has 1 aromatic carbocycles. The zero-order valence-corrected chi connectivity index (χ0v) is 20.0. The number of ether oxygens (including phenoxy) is 2. The molecule has 5 heteroatoms. The molecule has 2 rings (SSSR count). The molecule has 31 heavy (non-hydrogen) atoms. The van der Waals surface area contributed by atoms with Crippen molar-refractivity contribution in [3.63, 3.8) is 0 Å². The molecule has 1 amide bonds. The topological polar surface area (TPSA) is 64.6 Å². The van der Waals surface area contributed by atoms with Crippen molar-refractivity contribution < 1.29 is 19.1 Å². The van der Waals surface area contributed by atoms with Gasteiger partial charge in [-0.2, -0.15) is 0 Å². The summed E-state index contributed by atoms with van der Waals surface area (Å²) in [6.07, 6.45) is 12.0. The van der Waals surface area contributed by atoms with E-state index in [4.69, 9.17) is 9.47 Å². The van der Waals surface area contributed by atoms with Crippen molar-refractivity contribution >= 4 is 17.4 Å². The van der Waals surface area contributed by atoms with Crippen LogP contribution in [-0.2, 0) is 4.79 Å². The molecule has 0 saturated carbocycles. The molecule has 0 aliphatic carbocycles. The van der Waals surface area contributed by atoms with E-state index < -0.39 is 5.41 Å². The van der Waals surface area contributed by atoms with Crippen LogP contribution in [0.25, 0.3) is 0 Å². The third-order valence-corrected chi connectivity index (χ3v) is 5.97. The summed E-state index contributed by atoms with van der Waals surface area (Å²) in [5.74, 6) is 0.983. The van der Waals surface area contributed by atoms with Gasteiger partial charge in [-0.25, -0.2) is 0 Å². The predicted octanol–water partition coefficient (Wildman–Crippen LogP) is 6.94. The molecule has 0 atom stereocenters. The smallest absolute Gasteiger partial charge is 0.230 e. The van der Waals surface area contributed by atoms with Crippen molar-refractivity contribution in [1.82, 2.24) is 0 Å². The van der Waals surface area contributed by atoms with E-state index in [1.165, 1.54) is 38.5 Å². The number of ketones is 1. The molecule has 1 aliphatic rings. The van der Waals surface area contributed by atoms with Crippen LogP contribution in [0.2, 0.25) is 0 Å². The summed E-state index contributed by atoms with van der Waals surface area (Å²) in [7, 11) is 0. The number of nitrogens with one attached hydrogen (secondary N) is 1. The van der Waals surface area contributed by atoms with Crippen molar-refractivity contribution in [3.8, 4) is 11.5 Å². The second-order valence-electron chi connectivity index (χ2n) is 9.25. The number of anilines is 1. The van der Waals surface area contributed by atoms with Crippen LogP contribution in [0.3, 0.4) is 0 Å². The van der Waals surface area contributed by atoms with Crippen LogP contribution < -0.4 is 14.8 Å². The molecule has 0 spiro atoms. The molecule has 1 N–H and O–H groups in total. The Morgan fingerprint density at radius 3 is 2.39 bits per heavy atom. The predicted molar refractivity (Wildman–Crippen MR) is 126 cm³/mol. The summed E-state index contributed by atoms with van der Waals surface area (Å²) < 4.78 is 11.6. The number of hydrogen-bond acceptors (Lipinski definition) is 4. The number of carbonyl (C=O) groups excluding carboxylic acids is 2. The van der Waals surface area contributed by atoms with Crippen LogP contribution in [0.1, 0.15) is 109 Å². The lowest BCUT2D eigenvalue weighted by molar-refractivity contribution is -0.124. The highest BCUT2D eigenvalue weighted by molar-refractivity contribution is 6.05. The van der Waals surface area contributed by atoms with E-state index in [-0.39, 0.29) is 11.7 Å². The second-order valence-corrected chi connectivity index (χ2v) is 9.25. The maximum Gasteiger partial charge on any atom is 0.230 e. The Labute approximate surface area is 188 Å². The fraction of sp³-hybridized carbons (Fsp3) is 0.692. The number of benzene rings is 1. The molecule has 0 fully saturated rings. The van der Waals surface area contributed by atoms with E-state index >= 15 is 0 Å². The normalized spacial score (nSPS) is 13.5. The summed E-state index contributed by atoms with van der Waals surface area (Å²) >= 11 is 0. The van der Waals surface area contributed by atoms with E-state index in [0.29, 0.717) is 42.4 Å². The SMILES string of the molecule is CCCCCCCCCCC(C)(C)C(=O)Nc1c(OCCC)ccc2c1OCCC2=O. The van der Waals surface area contributed by atoms with E-state index in [9.17, 15) is 9.59 Å². The summed E-state index contributed by atoms with van der Waals surface area (Å²) in [6, 6.07) is 3.51. The van der Waals surface area contributed by atoms with E-state index in [1.54, 1.807) is 12.1 Å². The molecule has 0 unspecified atom stereocenters. The van der Waals surface area contributed by atoms with Gasteiger partial charge in [0.25, 0.3) is 0 Å². The van der Waals surface area contributed by atoms with Gasteiger partial charge in [0.2, 0.25) is 5.91 Å². The standard InChI is InChI=1S/C26H41NO4/c1-5-7-8-9-10-11-12-13-17-26(3,4)25(29)27-23-22(30-18-6-2)15-14-20-21(28)16-19-31-24(20)23/h14-15H,5-13,16-19H2,1-4H3,(H,27,29). The molecule has 1 aromatic rings. The van der Waals surface area contributed by atoms with Gasteiger partial charge in [-0.05, 0) is 25.0 Å². The Balaban J connectivity index is 1.99. The van der Waals surface area contributed by atoms with Crippen molar-refractivity contribution in [2.75, 3.05) is 18.5 Å². The molecule has 0 radical (unpaired) electrons. The Kier molecular flexibility index (Phi) is 10.4. The maximum atomic E-state index is 13.2. The van der Waals surface area contributed by atoms with Crippen LogP contribution in [0, 0.1) is 5.41 Å². The number of carbonyl (C=O) groups is 2. The third-order valence-electron chi connectivity index (χ3n) is 5.97. The molecule has 0 bridgehead atoms. The lowest BCUT2D eigenvalue weighted by Gasteiger charge is -2.27. The average Bonchev–Trinajstić information content (AvgIpc) is 2.75. The first-order valence-corrected chi connectivity index (χ1v) is 12.2. The number of Topliss-reactive ketones (excluding diaryl/α,β-unsaturated/α-hetero) is 1. The fourth-order valence-corrected chi connectivity index (χ4v) is 3.86. The summed E-state index contributed by atoms with van der Waals surface area (Å²) in [6.45, 7) is 9.10. The monoisotopic (exact) mass is 431 g/mol. The second kappa shape index (κ2) is 12.7. The maximum absolute atomic E-state index is 13.2. The minimum atomic E-state index is -0.508. The van der Waals surface area contributed by atoms with Crippen LogP contribution in [0.4, 0.5) is 5.69 Å². The molecule has 0 aromatic heterocycles. The first-order valence-electron chi connectivity index (χ1n) is 12.2. The molecular formula is C26H41NO4. The van der Waals surface area contributed by atoms with Gasteiger partial charge in [-0.3, -0.25) is 9.59 Å². The average molecular weight is 432 g/mol. The molecule has 5 nitrogen and oxygen atoms in total. The van der Waals surface area contributed by atoms with Crippen LogP contribution >= 0.6 is 0 Å². The molecule has 0 saturated heterocycles. The zero-order valence-electron chi connectivity index (χ0n) is 20.0. The number of unbranched alkanes of at least 4 members (excludes halogenated alkanes) is 7. The highest BCUT2D eigenvalue weighted by Gasteiger charge is 2.31. The Bertz CT molecular complexity index is 726. The summed E-state index contributed by atoms with van der Waals surface area (Å²) in [5.41, 5.74) is 0.505. The Morgan fingerprint density at radius 1 is 1.03 bits per heavy atom. The van der Waals surface area contributed by atoms with E-state index in [2.05, 4.69) is 12.2 Å². The quantitative estimate of drug-likeness (QED) is 0.324. The highest BCUT2D eigenvalue weighted by atomic mass is 16.5. The van der Waals surface area contributed by atoms with Gasteiger partial charge in [-0.15, -0.1) is 0 Å². The van der Waals surface area contributed by atoms with Crippen molar-refractivity contribution in [3.05, 3.63) is 17.7 Å². The molecule has 1 heterocycles. The van der Waals surface area contributed by atoms with Gasteiger partial charge in [0.05, 0.1) is 18.8 Å². The van der Waals surface area contributed by atoms with Gasteiger partial charge in [0.15, 0.2) is 11.5 Å². The Hall–Kier alpha value is -2.04. The summed E-state index contributed by atoms with van der Waals surface area (Å²) in [5, 5.41) is 3.04. The first-order chi connectivity index (χ1) is 14.9. The third kappa shape index (κ3) is 7.55. The van der Waals surface area contributed by atoms with Crippen LogP contribution in [0.5, 0.6) is 11.5 Å². The molecule has 1 aliphatic heterocycles. The van der Waals surface area contributed by atoms with Crippen LogP contribution in [-0.4, -0.2) is 24.9 Å². The largest absolute Gasteiger partial charge is 0.491 e. The van der Waals surface area contributed by atoms with Crippen molar-refractivity contribution in [1.29, 1.82) is 0 Å². The highest BCUT2D eigenvalue weighted by Crippen LogP contribution is 2.41. The minimum absolute atomic E-state index is 0.0389. The molecular weight excluding hydrogens is 390 g/mol. The first kappa shape index (κ1) is 25.2. The van der Waals surface area contributed by atoms with Crippen molar-refractivity contribution in [2.24, 2.45) is 5.41 Å². The number of hydrogen-bond donors (Lipinski definition) is 1. The number of amides is 1. The van der Waals surface area contributed by atoms with Gasteiger partial charge < -0.3 is 14.8 Å². The number of fused-ring (bicyclic) bond motifs is 1. The van der Waals surface area contributed by atoms with E-state index in [1.807, 2.05) is 20.8 Å². The number of rotatable bonds is 14. The van der Waals surface area contributed by atoms with Crippen molar-refractivity contribution in [2.45, 2.75) is 98.3 Å². The minimum Gasteiger partial charge on any atom is -0.491 e. The molecule has 174 valence electrons. The van der Waals surface area contributed by atoms with Crippen LogP contribution in [0.15, 0.2) is 12.1 Å². The van der Waals surface area contributed by atoms with E-state index in [0.717, 1.165) is 25.7 Å². The van der Waals surface area contributed by atoms with Gasteiger partial charge in [0.1, 0.15) is 11.4 Å². The van der Waals surface area contributed by atoms with Gasteiger partial charge in [0, 0.05) is 11.8 Å². The fourth-order valence-electron chi connectivity index (χ4n) is 3.86. The zero-order chi connectivity index (χ0) is 22.7. The lowest BCUT2D eigenvalue weighted by Crippen LogP contribution is -2.31. The van der Waals surface area contributed by atoms with Gasteiger partial charge in [-0.1, -0.05) is 79.1 Å². The van der Waals surface area contributed by atoms with Gasteiger partial charge >= 0.3 is 0 Å². The summed E-state index contributed by atoms with van der Waals surface area (Å²) in [4.78, 5) is 25.5. The Morgan fingerprint density at radius 2 is 1.71 bits per heavy atom. The lowest BCUT2D eigenvalue weighted by atomic mass is 9.85.